The molecule has 0 radical (unpaired) electrons. The maximum atomic E-state index is 9.56. The molecule has 1 aromatic carbocycles. The molecular formula is C16H21NO2. The number of nitrogens with one attached hydrogen (secondary N) is 1. The number of rotatable bonds is 5. The van der Waals surface area contributed by atoms with E-state index < -0.39 is 0 Å². The van der Waals surface area contributed by atoms with Gasteiger partial charge in [0.25, 0.3) is 0 Å². The minimum Gasteiger partial charge on any atom is -0.466 e. The van der Waals surface area contributed by atoms with E-state index in [1.807, 2.05) is 50.2 Å². The molecule has 0 aliphatic carbocycles. The second-order valence-corrected chi connectivity index (χ2v) is 4.90. The van der Waals surface area contributed by atoms with E-state index in [2.05, 4.69) is 12.2 Å². The number of hydrogen-bond donors (Lipinski definition) is 2. The molecular weight excluding hydrogens is 238 g/mol. The molecule has 1 heterocycles. The zero-order chi connectivity index (χ0) is 13.8. The predicted molar refractivity (Wildman–Crippen MR) is 76.0 cm³/mol. The summed E-state index contributed by atoms with van der Waals surface area (Å²) in [4.78, 5) is 0. The molecule has 3 nitrogen and oxygen atoms in total. The van der Waals surface area contributed by atoms with Gasteiger partial charge in [-0.1, -0.05) is 30.3 Å². The van der Waals surface area contributed by atoms with Crippen LogP contribution in [0.5, 0.6) is 0 Å². The topological polar surface area (TPSA) is 45.4 Å². The van der Waals surface area contributed by atoms with Gasteiger partial charge in [0, 0.05) is 11.6 Å². The Labute approximate surface area is 114 Å². The van der Waals surface area contributed by atoms with Crippen molar-refractivity contribution in [3.63, 3.8) is 0 Å². The van der Waals surface area contributed by atoms with Crippen molar-refractivity contribution in [2.75, 3.05) is 6.61 Å². The second kappa shape index (κ2) is 6.04. The van der Waals surface area contributed by atoms with Gasteiger partial charge in [0.15, 0.2) is 0 Å². The Morgan fingerprint density at radius 2 is 1.89 bits per heavy atom. The molecule has 2 N–H and O–H groups in total. The zero-order valence-electron chi connectivity index (χ0n) is 11.7. The van der Waals surface area contributed by atoms with Gasteiger partial charge >= 0.3 is 0 Å². The number of aliphatic hydroxyl groups is 1. The third-order valence-electron chi connectivity index (χ3n) is 3.38. The summed E-state index contributed by atoms with van der Waals surface area (Å²) in [6.45, 7) is 6.08. The number of hydrogen-bond acceptors (Lipinski definition) is 3. The van der Waals surface area contributed by atoms with Crippen LogP contribution in [0.25, 0.3) is 0 Å². The maximum Gasteiger partial charge on any atom is 0.105 e. The van der Waals surface area contributed by atoms with Crippen LogP contribution in [0.2, 0.25) is 0 Å². The van der Waals surface area contributed by atoms with Crippen molar-refractivity contribution >= 4 is 0 Å². The number of furan rings is 1. The molecule has 0 bridgehead atoms. The van der Waals surface area contributed by atoms with Gasteiger partial charge in [0.1, 0.15) is 11.5 Å². The molecule has 0 amide bonds. The van der Waals surface area contributed by atoms with Crippen LogP contribution in [0.4, 0.5) is 0 Å². The van der Waals surface area contributed by atoms with E-state index >= 15 is 0 Å². The van der Waals surface area contributed by atoms with E-state index in [0.717, 1.165) is 22.6 Å². The van der Waals surface area contributed by atoms with Gasteiger partial charge in [0.2, 0.25) is 0 Å². The van der Waals surface area contributed by atoms with Gasteiger partial charge in [-0.05, 0) is 32.4 Å². The molecule has 3 heteroatoms. The van der Waals surface area contributed by atoms with Crippen molar-refractivity contribution in [3.8, 4) is 0 Å². The monoisotopic (exact) mass is 259 g/mol. The average Bonchev–Trinajstić information content (AvgIpc) is 2.76. The Kier molecular flexibility index (Phi) is 4.40. The van der Waals surface area contributed by atoms with E-state index in [1.165, 1.54) is 0 Å². The molecule has 19 heavy (non-hydrogen) atoms. The summed E-state index contributed by atoms with van der Waals surface area (Å²) in [7, 11) is 0. The first kappa shape index (κ1) is 13.8. The van der Waals surface area contributed by atoms with Gasteiger partial charge < -0.3 is 14.8 Å². The van der Waals surface area contributed by atoms with Crippen LogP contribution in [-0.2, 0) is 0 Å². The van der Waals surface area contributed by atoms with Gasteiger partial charge in [-0.15, -0.1) is 0 Å². The molecule has 2 atom stereocenters. The highest BCUT2D eigenvalue weighted by atomic mass is 16.3. The Morgan fingerprint density at radius 1 is 1.21 bits per heavy atom. The fourth-order valence-electron chi connectivity index (χ4n) is 2.41. The summed E-state index contributed by atoms with van der Waals surface area (Å²) in [5.74, 6) is 1.85. The smallest absolute Gasteiger partial charge is 0.105 e. The Bertz CT molecular complexity index is 519. The molecule has 0 saturated carbocycles. The molecule has 2 rings (SSSR count). The third-order valence-corrected chi connectivity index (χ3v) is 3.38. The van der Waals surface area contributed by atoms with E-state index in [9.17, 15) is 5.11 Å². The maximum absolute atomic E-state index is 9.56. The van der Waals surface area contributed by atoms with Crippen molar-refractivity contribution in [3.05, 3.63) is 59.0 Å². The molecule has 0 aliphatic rings. The first-order valence-corrected chi connectivity index (χ1v) is 6.60. The van der Waals surface area contributed by atoms with Crippen molar-refractivity contribution in [2.24, 2.45) is 0 Å². The number of benzene rings is 1. The zero-order valence-corrected chi connectivity index (χ0v) is 11.7. The molecule has 1 aromatic heterocycles. The molecule has 102 valence electrons. The summed E-state index contributed by atoms with van der Waals surface area (Å²) in [6, 6.07) is 12.1. The number of aryl methyl sites for hydroxylation is 2. The van der Waals surface area contributed by atoms with Crippen LogP contribution in [0.15, 0.2) is 40.8 Å². The van der Waals surface area contributed by atoms with Crippen LogP contribution in [0.3, 0.4) is 0 Å². The van der Waals surface area contributed by atoms with Crippen LogP contribution in [0, 0.1) is 13.8 Å². The first-order valence-electron chi connectivity index (χ1n) is 6.60. The molecule has 0 aliphatic heterocycles. The van der Waals surface area contributed by atoms with E-state index in [0.29, 0.717) is 0 Å². The molecule has 0 spiro atoms. The largest absolute Gasteiger partial charge is 0.466 e. The summed E-state index contributed by atoms with van der Waals surface area (Å²) in [6.07, 6.45) is 0. The lowest BCUT2D eigenvalue weighted by Gasteiger charge is -2.22. The van der Waals surface area contributed by atoms with Crippen LogP contribution < -0.4 is 5.32 Å². The summed E-state index contributed by atoms with van der Waals surface area (Å²) in [5, 5.41) is 13.0. The van der Waals surface area contributed by atoms with Gasteiger partial charge in [-0.3, -0.25) is 0 Å². The van der Waals surface area contributed by atoms with E-state index in [1.54, 1.807) is 0 Å². The Morgan fingerprint density at radius 3 is 2.42 bits per heavy atom. The summed E-state index contributed by atoms with van der Waals surface area (Å²) in [5.41, 5.74) is 2.24. The fourth-order valence-corrected chi connectivity index (χ4v) is 2.41. The van der Waals surface area contributed by atoms with Gasteiger partial charge in [-0.25, -0.2) is 0 Å². The third kappa shape index (κ3) is 3.25. The highest BCUT2D eigenvalue weighted by molar-refractivity contribution is 5.25. The van der Waals surface area contributed by atoms with Crippen LogP contribution >= 0.6 is 0 Å². The minimum atomic E-state index is -0.0641. The highest BCUT2D eigenvalue weighted by Gasteiger charge is 2.17. The predicted octanol–water partition coefficient (Wildman–Crippen LogP) is 3.28. The molecule has 0 saturated heterocycles. The first-order chi connectivity index (χ1) is 9.11. The van der Waals surface area contributed by atoms with Crippen molar-refractivity contribution in [1.82, 2.24) is 5.32 Å². The second-order valence-electron chi connectivity index (χ2n) is 4.90. The molecule has 1 unspecified atom stereocenters. The van der Waals surface area contributed by atoms with E-state index in [-0.39, 0.29) is 18.7 Å². The van der Waals surface area contributed by atoms with Crippen molar-refractivity contribution in [2.45, 2.75) is 32.9 Å². The SMILES string of the molecule is Cc1cc(C(C)N[C@@H](CO)c2ccccc2)c(C)o1. The van der Waals surface area contributed by atoms with Crippen LogP contribution in [-0.4, -0.2) is 11.7 Å². The lowest BCUT2D eigenvalue weighted by atomic mass is 10.0. The average molecular weight is 259 g/mol. The standard InChI is InChI=1S/C16H21NO2/c1-11-9-15(13(3)19-11)12(2)17-16(10-18)14-7-5-4-6-8-14/h4-9,12,16-18H,10H2,1-3H3/t12?,16-/m0/s1. The quantitative estimate of drug-likeness (QED) is 0.866. The van der Waals surface area contributed by atoms with E-state index in [4.69, 9.17) is 4.42 Å². The Balaban J connectivity index is 2.13. The van der Waals surface area contributed by atoms with Gasteiger partial charge in [-0.2, -0.15) is 0 Å². The van der Waals surface area contributed by atoms with Gasteiger partial charge in [0.05, 0.1) is 12.6 Å². The molecule has 0 fully saturated rings. The normalized spacial score (nSPS) is 14.3. The highest BCUT2D eigenvalue weighted by Crippen LogP contribution is 2.24. The van der Waals surface area contributed by atoms with Crippen LogP contribution in [0.1, 0.15) is 41.7 Å². The number of aliphatic hydroxyl groups excluding tert-OH is 1. The molecule has 2 aromatic rings. The fraction of sp³-hybridized carbons (Fsp3) is 0.375. The van der Waals surface area contributed by atoms with Crippen molar-refractivity contribution in [1.29, 1.82) is 0 Å². The lowest BCUT2D eigenvalue weighted by Crippen LogP contribution is -2.27. The summed E-state index contributed by atoms with van der Waals surface area (Å²) < 4.78 is 5.55. The summed E-state index contributed by atoms with van der Waals surface area (Å²) >= 11 is 0. The van der Waals surface area contributed by atoms with Crippen molar-refractivity contribution < 1.29 is 9.52 Å². The minimum absolute atomic E-state index is 0.0641. The lowest BCUT2D eigenvalue weighted by molar-refractivity contribution is 0.235. The Hall–Kier alpha value is -1.58.